The summed E-state index contributed by atoms with van der Waals surface area (Å²) in [4.78, 5) is 16.7. The van der Waals surface area contributed by atoms with Gasteiger partial charge in [0.15, 0.2) is 5.82 Å². The normalized spacial score (nSPS) is 11.2. The first-order valence-electron chi connectivity index (χ1n) is 10.8. The van der Waals surface area contributed by atoms with Crippen LogP contribution in [0.1, 0.15) is 67.6 Å². The van der Waals surface area contributed by atoms with Gasteiger partial charge in [-0.3, -0.25) is 0 Å². The lowest BCUT2D eigenvalue weighted by atomic mass is 9.97. The van der Waals surface area contributed by atoms with E-state index in [2.05, 4.69) is 20.8 Å². The van der Waals surface area contributed by atoms with E-state index in [1.165, 1.54) is 0 Å². The molecule has 0 fully saturated rings. The van der Waals surface area contributed by atoms with Crippen molar-refractivity contribution in [2.75, 3.05) is 0 Å². The van der Waals surface area contributed by atoms with Crippen molar-refractivity contribution in [3.63, 3.8) is 0 Å². The maximum absolute atomic E-state index is 11.9. The van der Waals surface area contributed by atoms with E-state index in [4.69, 9.17) is 10.1 Å². The first-order chi connectivity index (χ1) is 14.5. The molecule has 0 saturated carbocycles. The zero-order valence-corrected chi connectivity index (χ0v) is 18.1. The van der Waals surface area contributed by atoms with Gasteiger partial charge in [0.05, 0.1) is 12.1 Å². The van der Waals surface area contributed by atoms with Gasteiger partial charge < -0.3 is 5.11 Å². The van der Waals surface area contributed by atoms with Crippen LogP contribution in [0.3, 0.4) is 0 Å². The number of carbonyl (C=O) groups is 1. The number of aromatic carboxylic acids is 1. The molecule has 5 nitrogen and oxygen atoms in total. The predicted octanol–water partition coefficient (Wildman–Crippen LogP) is 5.62. The van der Waals surface area contributed by atoms with Crippen LogP contribution in [0.25, 0.3) is 11.1 Å². The highest BCUT2D eigenvalue weighted by Crippen LogP contribution is 2.25. The Morgan fingerprint density at radius 3 is 2.53 bits per heavy atom. The van der Waals surface area contributed by atoms with Crippen molar-refractivity contribution in [3.05, 3.63) is 71.3 Å². The molecule has 0 aliphatic heterocycles. The van der Waals surface area contributed by atoms with Gasteiger partial charge in [0, 0.05) is 12.8 Å². The molecule has 3 aromatic rings. The molecule has 2 aromatic carbocycles. The standard InChI is InChI=1S/C25H31N3O2/c1-4-5-11-23-26-24(15-12-18(2)3)28(27-23)17-19-13-14-21(22(16-19)25(29)30)20-9-7-6-8-10-20/h6-10,13-14,16,18H,4-5,11-12,15,17H2,1-3H3,(H,29,30). The molecule has 30 heavy (non-hydrogen) atoms. The minimum Gasteiger partial charge on any atom is -0.478 e. The molecule has 158 valence electrons. The fraction of sp³-hybridized carbons (Fsp3) is 0.400. The van der Waals surface area contributed by atoms with Gasteiger partial charge in [0.1, 0.15) is 5.82 Å². The molecule has 0 radical (unpaired) electrons. The monoisotopic (exact) mass is 405 g/mol. The summed E-state index contributed by atoms with van der Waals surface area (Å²) in [6.07, 6.45) is 5.00. The Morgan fingerprint density at radius 2 is 1.87 bits per heavy atom. The van der Waals surface area contributed by atoms with Crippen LogP contribution in [0.4, 0.5) is 0 Å². The van der Waals surface area contributed by atoms with Crippen LogP contribution in [-0.2, 0) is 19.4 Å². The summed E-state index contributed by atoms with van der Waals surface area (Å²) in [6, 6.07) is 15.3. The van der Waals surface area contributed by atoms with E-state index < -0.39 is 5.97 Å². The van der Waals surface area contributed by atoms with E-state index in [9.17, 15) is 9.90 Å². The molecule has 0 amide bonds. The summed E-state index contributed by atoms with van der Waals surface area (Å²) in [7, 11) is 0. The lowest BCUT2D eigenvalue weighted by Crippen LogP contribution is -2.09. The van der Waals surface area contributed by atoms with Crippen LogP contribution < -0.4 is 0 Å². The Hall–Kier alpha value is -2.95. The average molecular weight is 406 g/mol. The minimum atomic E-state index is -0.919. The lowest BCUT2D eigenvalue weighted by Gasteiger charge is -2.11. The maximum atomic E-state index is 11.9. The first-order valence-corrected chi connectivity index (χ1v) is 10.8. The average Bonchev–Trinajstić information content (AvgIpc) is 3.12. The number of aromatic nitrogens is 3. The van der Waals surface area contributed by atoms with Crippen molar-refractivity contribution in [2.45, 2.75) is 59.4 Å². The molecular formula is C25H31N3O2. The Bertz CT molecular complexity index is 977. The number of carboxylic acids is 1. The molecule has 3 rings (SSSR count). The highest BCUT2D eigenvalue weighted by Gasteiger charge is 2.15. The minimum absolute atomic E-state index is 0.314. The van der Waals surface area contributed by atoms with E-state index in [0.717, 1.165) is 60.4 Å². The Morgan fingerprint density at radius 1 is 1.10 bits per heavy atom. The molecule has 0 unspecified atom stereocenters. The third kappa shape index (κ3) is 5.56. The van der Waals surface area contributed by atoms with Crippen LogP contribution in [0.15, 0.2) is 48.5 Å². The lowest BCUT2D eigenvalue weighted by molar-refractivity contribution is 0.0697. The van der Waals surface area contributed by atoms with Gasteiger partial charge in [-0.05, 0) is 41.5 Å². The van der Waals surface area contributed by atoms with Gasteiger partial charge in [0.25, 0.3) is 0 Å². The second-order valence-electron chi connectivity index (χ2n) is 8.19. The molecule has 0 bridgehead atoms. The molecule has 1 heterocycles. The SMILES string of the molecule is CCCCc1nc(CCC(C)C)n(Cc2ccc(-c3ccccc3)c(C(=O)O)c2)n1. The number of carboxylic acid groups (broad SMARTS) is 1. The zero-order valence-electron chi connectivity index (χ0n) is 18.1. The summed E-state index contributed by atoms with van der Waals surface area (Å²) in [5.41, 5.74) is 2.87. The van der Waals surface area contributed by atoms with E-state index >= 15 is 0 Å². The van der Waals surface area contributed by atoms with Crippen LogP contribution >= 0.6 is 0 Å². The van der Waals surface area contributed by atoms with Gasteiger partial charge in [-0.25, -0.2) is 14.5 Å². The summed E-state index contributed by atoms with van der Waals surface area (Å²) in [5, 5.41) is 14.5. The van der Waals surface area contributed by atoms with Crippen molar-refractivity contribution >= 4 is 5.97 Å². The van der Waals surface area contributed by atoms with Crippen LogP contribution in [-0.4, -0.2) is 25.8 Å². The summed E-state index contributed by atoms with van der Waals surface area (Å²) in [6.45, 7) is 7.11. The number of rotatable bonds is 10. The highest BCUT2D eigenvalue weighted by atomic mass is 16.4. The molecule has 0 atom stereocenters. The van der Waals surface area contributed by atoms with E-state index in [1.807, 2.05) is 47.1 Å². The molecule has 5 heteroatoms. The van der Waals surface area contributed by atoms with Crippen molar-refractivity contribution in [3.8, 4) is 11.1 Å². The highest BCUT2D eigenvalue weighted by molar-refractivity contribution is 5.96. The number of benzene rings is 2. The topological polar surface area (TPSA) is 68.0 Å². The molecule has 0 spiro atoms. The van der Waals surface area contributed by atoms with Crippen molar-refractivity contribution in [1.29, 1.82) is 0 Å². The number of unbranched alkanes of at least 4 members (excludes halogenated alkanes) is 1. The summed E-state index contributed by atoms with van der Waals surface area (Å²) >= 11 is 0. The van der Waals surface area contributed by atoms with Crippen LogP contribution in [0.5, 0.6) is 0 Å². The zero-order chi connectivity index (χ0) is 21.5. The van der Waals surface area contributed by atoms with E-state index in [-0.39, 0.29) is 0 Å². The molecule has 0 aliphatic rings. The quantitative estimate of drug-likeness (QED) is 0.475. The van der Waals surface area contributed by atoms with Gasteiger partial charge >= 0.3 is 5.97 Å². The van der Waals surface area contributed by atoms with Gasteiger partial charge in [-0.15, -0.1) is 0 Å². The van der Waals surface area contributed by atoms with Gasteiger partial charge in [0.2, 0.25) is 0 Å². The van der Waals surface area contributed by atoms with Crippen molar-refractivity contribution in [2.24, 2.45) is 5.92 Å². The molecule has 0 aliphatic carbocycles. The number of hydrogen-bond donors (Lipinski definition) is 1. The molecule has 0 saturated heterocycles. The second kappa shape index (κ2) is 10.2. The fourth-order valence-electron chi connectivity index (χ4n) is 3.51. The first kappa shape index (κ1) is 21.8. The third-order valence-corrected chi connectivity index (χ3v) is 5.22. The second-order valence-corrected chi connectivity index (χ2v) is 8.19. The Balaban J connectivity index is 1.90. The Kier molecular flexibility index (Phi) is 7.39. The maximum Gasteiger partial charge on any atom is 0.336 e. The predicted molar refractivity (Wildman–Crippen MR) is 120 cm³/mol. The van der Waals surface area contributed by atoms with Gasteiger partial charge in [-0.1, -0.05) is 69.7 Å². The van der Waals surface area contributed by atoms with Crippen LogP contribution in [0.2, 0.25) is 0 Å². The van der Waals surface area contributed by atoms with E-state index in [0.29, 0.717) is 18.0 Å². The van der Waals surface area contributed by atoms with Crippen molar-refractivity contribution < 1.29 is 9.90 Å². The van der Waals surface area contributed by atoms with E-state index in [1.54, 1.807) is 6.07 Å². The smallest absolute Gasteiger partial charge is 0.336 e. The number of hydrogen-bond acceptors (Lipinski definition) is 3. The summed E-state index contributed by atoms with van der Waals surface area (Å²) in [5.74, 6) is 1.55. The Labute approximate surface area is 178 Å². The summed E-state index contributed by atoms with van der Waals surface area (Å²) < 4.78 is 1.95. The number of aryl methyl sites for hydroxylation is 2. The van der Waals surface area contributed by atoms with Gasteiger partial charge in [-0.2, -0.15) is 5.10 Å². The molecular weight excluding hydrogens is 374 g/mol. The molecule has 1 N–H and O–H groups in total. The largest absolute Gasteiger partial charge is 0.478 e. The van der Waals surface area contributed by atoms with Crippen molar-refractivity contribution in [1.82, 2.24) is 14.8 Å². The fourth-order valence-corrected chi connectivity index (χ4v) is 3.51. The molecule has 1 aromatic heterocycles. The third-order valence-electron chi connectivity index (χ3n) is 5.22. The number of nitrogens with zero attached hydrogens (tertiary/aromatic N) is 3. The van der Waals surface area contributed by atoms with Crippen LogP contribution in [0, 0.1) is 5.92 Å².